The van der Waals surface area contributed by atoms with Gasteiger partial charge in [0.05, 0.1) is 17.6 Å². The van der Waals surface area contributed by atoms with Crippen molar-refractivity contribution in [1.82, 2.24) is 0 Å². The predicted octanol–water partition coefficient (Wildman–Crippen LogP) is 4.37. The highest BCUT2D eigenvalue weighted by atomic mass is 16.6. The van der Waals surface area contributed by atoms with Crippen LogP contribution < -0.4 is 0 Å². The Bertz CT molecular complexity index is 1360. The third kappa shape index (κ3) is 4.20. The maximum absolute atomic E-state index is 14.2. The van der Waals surface area contributed by atoms with Gasteiger partial charge in [0.15, 0.2) is 0 Å². The summed E-state index contributed by atoms with van der Waals surface area (Å²) in [6.45, 7) is 15.2. The van der Waals surface area contributed by atoms with E-state index in [1.807, 2.05) is 0 Å². The predicted molar refractivity (Wildman–Crippen MR) is 154 cm³/mol. The minimum Gasteiger partial charge on any atom is -0.466 e. The van der Waals surface area contributed by atoms with Gasteiger partial charge < -0.3 is 24.1 Å². The van der Waals surface area contributed by atoms with Crippen molar-refractivity contribution in [3.05, 3.63) is 34.9 Å². The molecule has 0 amide bonds. The van der Waals surface area contributed by atoms with Gasteiger partial charge in [-0.05, 0) is 63.4 Å². The number of esters is 4. The zero-order chi connectivity index (χ0) is 31.2. The van der Waals surface area contributed by atoms with Crippen molar-refractivity contribution in [3.63, 3.8) is 0 Å². The SMILES string of the molecule is C=C1C(=O)O[C@H]2C[C@H](C)[C@@]34C[C@@]5(C(=O)O[C@@H]6C[C@](C)(O)C([C@@H](C)CCCOC(C)=O)=C[C@@H]65)[C@@H](C(C)=C3C[C@H]12)[C@@H]4OC(C)=O. The van der Waals surface area contributed by atoms with Gasteiger partial charge in [0.2, 0.25) is 0 Å². The maximum Gasteiger partial charge on any atom is 0.334 e. The highest BCUT2D eigenvalue weighted by Crippen LogP contribution is 2.75. The van der Waals surface area contributed by atoms with Gasteiger partial charge in [-0.3, -0.25) is 14.4 Å². The number of carbonyl (C=O) groups excluding carboxylic acids is 4. The summed E-state index contributed by atoms with van der Waals surface area (Å²) in [6.07, 6.45) is 4.07. The average Bonchev–Trinajstić information content (AvgIpc) is 3.48. The summed E-state index contributed by atoms with van der Waals surface area (Å²) in [5.41, 5.74) is 0.848. The molecular formula is C34H44O9. The Morgan fingerprint density at radius 3 is 2.56 bits per heavy atom. The monoisotopic (exact) mass is 596 g/mol. The normalized spacial score (nSPS) is 43.4. The van der Waals surface area contributed by atoms with Crippen molar-refractivity contribution < 1.29 is 43.2 Å². The molecule has 2 bridgehead atoms. The van der Waals surface area contributed by atoms with Crippen LogP contribution in [0.1, 0.15) is 80.1 Å². The van der Waals surface area contributed by atoms with Gasteiger partial charge in [-0.2, -0.15) is 0 Å². The van der Waals surface area contributed by atoms with Crippen LogP contribution in [-0.4, -0.2) is 59.5 Å². The molecule has 2 saturated heterocycles. The molecule has 9 nitrogen and oxygen atoms in total. The Hall–Kier alpha value is -2.94. The van der Waals surface area contributed by atoms with Crippen molar-refractivity contribution in [2.24, 2.45) is 40.4 Å². The highest BCUT2D eigenvalue weighted by molar-refractivity contribution is 5.91. The molecule has 0 radical (unpaired) electrons. The van der Waals surface area contributed by atoms with E-state index in [0.29, 0.717) is 44.3 Å². The van der Waals surface area contributed by atoms with Gasteiger partial charge in [-0.25, -0.2) is 4.79 Å². The molecule has 2 aliphatic heterocycles. The molecule has 1 N–H and O–H groups in total. The standard InChI is InChI=1S/C34H44O9/c1-16(9-8-10-40-20(5)35)23-13-25-27(14-32(23,7)39)43-31(38)34(25)15-33-17(2)11-26-22(18(3)30(37)42-26)12-24(33)19(4)28(34)29(33)41-21(6)36/h13,16-17,22,25-29,39H,3,8-12,14-15H2,1-2,4-7H3/t16-,17-,22+,25-,26-,27+,28-,29-,32-,33-,34-/m0/s1. The van der Waals surface area contributed by atoms with E-state index in [1.165, 1.54) is 13.8 Å². The fourth-order valence-corrected chi connectivity index (χ4v) is 10.2. The molecule has 2 heterocycles. The highest BCUT2D eigenvalue weighted by Gasteiger charge is 2.78. The van der Waals surface area contributed by atoms with E-state index in [-0.39, 0.29) is 66.0 Å². The van der Waals surface area contributed by atoms with E-state index in [1.54, 1.807) is 6.92 Å². The van der Waals surface area contributed by atoms with Gasteiger partial charge >= 0.3 is 23.9 Å². The molecule has 11 atom stereocenters. The van der Waals surface area contributed by atoms with Crippen LogP contribution in [0.5, 0.6) is 0 Å². The summed E-state index contributed by atoms with van der Waals surface area (Å²) in [7, 11) is 0. The lowest BCUT2D eigenvalue weighted by atomic mass is 9.56. The molecule has 43 heavy (non-hydrogen) atoms. The van der Waals surface area contributed by atoms with Crippen LogP contribution >= 0.6 is 0 Å². The topological polar surface area (TPSA) is 125 Å². The lowest BCUT2D eigenvalue weighted by Crippen LogP contribution is -2.47. The molecule has 0 unspecified atom stereocenters. The van der Waals surface area contributed by atoms with Gasteiger partial charge in [0.1, 0.15) is 18.3 Å². The van der Waals surface area contributed by atoms with Crippen molar-refractivity contribution in [2.75, 3.05) is 6.61 Å². The van der Waals surface area contributed by atoms with Crippen LogP contribution in [0.2, 0.25) is 0 Å². The Kier molecular flexibility index (Phi) is 7.03. The second kappa shape index (κ2) is 10.0. The Morgan fingerprint density at radius 1 is 1.16 bits per heavy atom. The van der Waals surface area contributed by atoms with Crippen molar-refractivity contribution >= 4 is 23.9 Å². The van der Waals surface area contributed by atoms with Gasteiger partial charge in [0, 0.05) is 49.0 Å². The molecule has 0 aromatic rings. The van der Waals surface area contributed by atoms with Gasteiger partial charge in [-0.15, -0.1) is 0 Å². The third-order valence-corrected chi connectivity index (χ3v) is 11.9. The zero-order valence-electron chi connectivity index (χ0n) is 26.1. The van der Waals surface area contributed by atoms with Crippen LogP contribution in [0, 0.1) is 40.4 Å². The van der Waals surface area contributed by atoms with Gasteiger partial charge in [0.25, 0.3) is 0 Å². The molecule has 0 aromatic carbocycles. The summed E-state index contributed by atoms with van der Waals surface area (Å²) in [5, 5.41) is 11.6. The first kappa shape index (κ1) is 30.1. The zero-order valence-corrected chi connectivity index (χ0v) is 26.1. The van der Waals surface area contributed by atoms with Crippen LogP contribution in [0.4, 0.5) is 0 Å². The second-order valence-corrected chi connectivity index (χ2v) is 14.3. The number of ether oxygens (including phenoxy) is 4. The molecular weight excluding hydrogens is 552 g/mol. The van der Waals surface area contributed by atoms with E-state index in [2.05, 4.69) is 33.4 Å². The molecule has 0 aromatic heterocycles. The molecule has 2 spiro atoms. The lowest BCUT2D eigenvalue weighted by Gasteiger charge is -2.44. The van der Waals surface area contributed by atoms with Crippen LogP contribution in [0.25, 0.3) is 0 Å². The fraction of sp³-hybridized carbons (Fsp3) is 0.706. The summed E-state index contributed by atoms with van der Waals surface area (Å²) in [5.74, 6) is -2.20. The number of hydrogen-bond donors (Lipinski definition) is 1. The second-order valence-electron chi connectivity index (χ2n) is 14.3. The minimum absolute atomic E-state index is 0.00985. The van der Waals surface area contributed by atoms with Crippen molar-refractivity contribution in [3.8, 4) is 0 Å². The molecule has 2 saturated carbocycles. The Balaban J connectivity index is 1.42. The average molecular weight is 597 g/mol. The van der Waals surface area contributed by atoms with E-state index in [4.69, 9.17) is 18.9 Å². The minimum atomic E-state index is -1.16. The Morgan fingerprint density at radius 2 is 1.88 bits per heavy atom. The fourth-order valence-electron chi connectivity index (χ4n) is 10.2. The number of carbonyl (C=O) groups is 4. The number of hydrogen-bond acceptors (Lipinski definition) is 9. The van der Waals surface area contributed by atoms with E-state index >= 15 is 0 Å². The van der Waals surface area contributed by atoms with Gasteiger partial charge in [-0.1, -0.05) is 37.6 Å². The van der Waals surface area contributed by atoms with E-state index in [9.17, 15) is 24.3 Å². The molecule has 4 aliphatic carbocycles. The smallest absolute Gasteiger partial charge is 0.334 e. The molecule has 9 heteroatoms. The van der Waals surface area contributed by atoms with Crippen LogP contribution in [0.3, 0.4) is 0 Å². The van der Waals surface area contributed by atoms with E-state index < -0.39 is 28.6 Å². The van der Waals surface area contributed by atoms with Crippen LogP contribution in [0.15, 0.2) is 34.9 Å². The summed E-state index contributed by atoms with van der Waals surface area (Å²) in [6, 6.07) is 0. The van der Waals surface area contributed by atoms with Crippen LogP contribution in [-0.2, 0) is 38.1 Å². The van der Waals surface area contributed by atoms with Crippen molar-refractivity contribution in [1.29, 1.82) is 0 Å². The molecule has 6 rings (SSSR count). The van der Waals surface area contributed by atoms with E-state index in [0.717, 1.165) is 16.7 Å². The molecule has 234 valence electrons. The lowest BCUT2D eigenvalue weighted by molar-refractivity contribution is -0.156. The number of fused-ring (bicyclic) bond motifs is 5. The molecule has 6 aliphatic rings. The Labute approximate surface area is 253 Å². The summed E-state index contributed by atoms with van der Waals surface area (Å²) in [4.78, 5) is 50.5. The van der Waals surface area contributed by atoms with Crippen molar-refractivity contribution in [2.45, 2.75) is 104 Å². The first-order valence-corrected chi connectivity index (χ1v) is 15.7. The third-order valence-electron chi connectivity index (χ3n) is 11.9. The maximum atomic E-state index is 14.2. The molecule has 4 fully saturated rings. The first-order chi connectivity index (χ1) is 20.1. The summed E-state index contributed by atoms with van der Waals surface area (Å²) >= 11 is 0. The first-order valence-electron chi connectivity index (χ1n) is 15.7. The largest absolute Gasteiger partial charge is 0.466 e. The number of aliphatic hydroxyl groups is 1. The summed E-state index contributed by atoms with van der Waals surface area (Å²) < 4.78 is 23.2. The number of rotatable bonds is 6. The quantitative estimate of drug-likeness (QED) is 0.156.